The van der Waals surface area contributed by atoms with Crippen LogP contribution in [0.4, 0.5) is 5.69 Å². The van der Waals surface area contributed by atoms with Gasteiger partial charge in [0.1, 0.15) is 0 Å². The molecule has 7 nitrogen and oxygen atoms in total. The van der Waals surface area contributed by atoms with Gasteiger partial charge in [0.15, 0.2) is 5.96 Å². The van der Waals surface area contributed by atoms with Crippen molar-refractivity contribution in [2.24, 2.45) is 16.5 Å². The molecule has 1 rings (SSSR count). The minimum Gasteiger partial charge on any atom is -0.370 e. The molecule has 19 heavy (non-hydrogen) atoms. The summed E-state index contributed by atoms with van der Waals surface area (Å²) in [6.07, 6.45) is 3.28. The van der Waals surface area contributed by atoms with Gasteiger partial charge in [-0.3, -0.25) is 14.9 Å². The van der Waals surface area contributed by atoms with Gasteiger partial charge in [-0.05, 0) is 25.5 Å². The van der Waals surface area contributed by atoms with Crippen molar-refractivity contribution < 1.29 is 9.72 Å². The Hall–Kier alpha value is -2.70. The first kappa shape index (κ1) is 14.4. The number of nitrogens with zero attached hydrogens (tertiary/aromatic N) is 2. The molecule has 0 bridgehead atoms. The van der Waals surface area contributed by atoms with E-state index in [4.69, 9.17) is 11.5 Å². The summed E-state index contributed by atoms with van der Waals surface area (Å²) in [7, 11) is 0. The topological polar surface area (TPSA) is 125 Å². The molecule has 4 N–H and O–H groups in total. The largest absolute Gasteiger partial charge is 0.370 e. The summed E-state index contributed by atoms with van der Waals surface area (Å²) in [5, 5.41) is 11.0. The van der Waals surface area contributed by atoms with Gasteiger partial charge < -0.3 is 11.5 Å². The van der Waals surface area contributed by atoms with E-state index in [1.807, 2.05) is 0 Å². The minimum absolute atomic E-state index is 0.105. The van der Waals surface area contributed by atoms with Crippen molar-refractivity contribution in [1.29, 1.82) is 0 Å². The zero-order chi connectivity index (χ0) is 14.6. The summed E-state index contributed by atoms with van der Waals surface area (Å²) < 4.78 is 0. The average Bonchev–Trinajstić information content (AvgIpc) is 2.27. The Morgan fingerprint density at radius 3 is 2.53 bits per heavy atom. The summed E-state index contributed by atoms with van der Waals surface area (Å²) >= 11 is 0. The first-order valence-corrected chi connectivity index (χ1v) is 5.42. The number of allylic oxidation sites excluding steroid dienone is 1. The lowest BCUT2D eigenvalue weighted by atomic mass is 10.0. The number of aliphatic imine (C=N–C) groups is 1. The molecule has 0 spiro atoms. The number of aryl methyl sites for hydroxylation is 1. The van der Waals surface area contributed by atoms with E-state index in [0.29, 0.717) is 11.1 Å². The van der Waals surface area contributed by atoms with Crippen LogP contribution in [0.3, 0.4) is 0 Å². The van der Waals surface area contributed by atoms with Crippen LogP contribution in [0.2, 0.25) is 0 Å². The Morgan fingerprint density at radius 2 is 2.05 bits per heavy atom. The Balaban J connectivity index is 3.44. The van der Waals surface area contributed by atoms with Crippen LogP contribution in [0, 0.1) is 17.0 Å². The van der Waals surface area contributed by atoms with Crippen LogP contribution in [-0.4, -0.2) is 16.8 Å². The fourth-order valence-electron chi connectivity index (χ4n) is 1.60. The average molecular weight is 262 g/mol. The number of hydrogen-bond donors (Lipinski definition) is 2. The highest BCUT2D eigenvalue weighted by Crippen LogP contribution is 2.25. The second kappa shape index (κ2) is 5.76. The van der Waals surface area contributed by atoms with Crippen LogP contribution in [0.1, 0.15) is 28.4 Å². The van der Waals surface area contributed by atoms with E-state index in [-0.39, 0.29) is 17.2 Å². The zero-order valence-electron chi connectivity index (χ0n) is 10.6. The lowest BCUT2D eigenvalue weighted by Gasteiger charge is -2.05. The standard InChI is InChI=1S/C12H14N4O3/c1-3-4-8-5-7(2)9(6-10(8)16(18)19)11(17)15-12(13)14/h3-6H,1-2H3,(H4,13,14,15,17). The van der Waals surface area contributed by atoms with Crippen LogP contribution < -0.4 is 11.5 Å². The van der Waals surface area contributed by atoms with Crippen LogP contribution in [0.25, 0.3) is 6.08 Å². The van der Waals surface area contributed by atoms with Crippen LogP contribution >= 0.6 is 0 Å². The van der Waals surface area contributed by atoms with Crippen LogP contribution in [-0.2, 0) is 0 Å². The number of nitro benzene ring substituents is 1. The maximum atomic E-state index is 11.7. The van der Waals surface area contributed by atoms with Crippen LogP contribution in [0.15, 0.2) is 23.2 Å². The highest BCUT2D eigenvalue weighted by Gasteiger charge is 2.18. The first-order chi connectivity index (χ1) is 8.86. The number of rotatable bonds is 3. The lowest BCUT2D eigenvalue weighted by Crippen LogP contribution is -2.24. The smallest absolute Gasteiger partial charge is 0.280 e. The molecular weight excluding hydrogens is 248 g/mol. The maximum absolute atomic E-state index is 11.7. The van der Waals surface area contributed by atoms with Crippen molar-refractivity contribution in [1.82, 2.24) is 0 Å². The highest BCUT2D eigenvalue weighted by molar-refractivity contribution is 6.03. The second-order valence-corrected chi connectivity index (χ2v) is 3.82. The maximum Gasteiger partial charge on any atom is 0.280 e. The van der Waals surface area contributed by atoms with Gasteiger partial charge in [-0.2, -0.15) is 4.99 Å². The number of benzene rings is 1. The number of nitrogens with two attached hydrogens (primary N) is 2. The van der Waals surface area contributed by atoms with E-state index in [1.54, 1.807) is 32.1 Å². The summed E-state index contributed by atoms with van der Waals surface area (Å²) in [6, 6.07) is 2.73. The Labute approximate surface area is 109 Å². The molecule has 1 aromatic carbocycles. The number of hydrogen-bond acceptors (Lipinski definition) is 3. The molecule has 0 radical (unpaired) electrons. The van der Waals surface area contributed by atoms with Gasteiger partial charge in [0, 0.05) is 6.07 Å². The third-order valence-corrected chi connectivity index (χ3v) is 2.38. The highest BCUT2D eigenvalue weighted by atomic mass is 16.6. The molecule has 0 aliphatic carbocycles. The predicted octanol–water partition coefficient (Wildman–Crippen LogP) is 1.35. The van der Waals surface area contributed by atoms with Crippen molar-refractivity contribution in [2.75, 3.05) is 0 Å². The molecule has 100 valence electrons. The fraction of sp³-hybridized carbons (Fsp3) is 0.167. The normalized spacial score (nSPS) is 10.4. The Morgan fingerprint density at radius 1 is 1.42 bits per heavy atom. The van der Waals surface area contributed by atoms with E-state index in [9.17, 15) is 14.9 Å². The molecule has 0 saturated carbocycles. The number of guanidine groups is 1. The lowest BCUT2D eigenvalue weighted by molar-refractivity contribution is -0.385. The first-order valence-electron chi connectivity index (χ1n) is 5.42. The minimum atomic E-state index is -0.701. The summed E-state index contributed by atoms with van der Waals surface area (Å²) in [4.78, 5) is 25.5. The number of carbonyl (C=O) groups excluding carboxylic acids is 1. The number of amides is 1. The predicted molar refractivity (Wildman–Crippen MR) is 72.7 cm³/mol. The Bertz CT molecular complexity index is 587. The SMILES string of the molecule is CC=Cc1cc(C)c(C(=O)N=C(N)N)cc1[N+](=O)[O-]. The third kappa shape index (κ3) is 3.38. The summed E-state index contributed by atoms with van der Waals surface area (Å²) in [5.41, 5.74) is 11.2. The van der Waals surface area contributed by atoms with Crippen LogP contribution in [0.5, 0.6) is 0 Å². The van der Waals surface area contributed by atoms with Crippen molar-refractivity contribution in [3.05, 3.63) is 45.0 Å². The van der Waals surface area contributed by atoms with E-state index >= 15 is 0 Å². The van der Waals surface area contributed by atoms with Gasteiger partial charge in [0.05, 0.1) is 16.1 Å². The number of nitro groups is 1. The van der Waals surface area contributed by atoms with Crippen molar-refractivity contribution in [3.63, 3.8) is 0 Å². The van der Waals surface area contributed by atoms with Crippen molar-refractivity contribution in [3.8, 4) is 0 Å². The molecule has 0 fully saturated rings. The molecule has 0 aliphatic heterocycles. The van der Waals surface area contributed by atoms with Gasteiger partial charge in [0.2, 0.25) is 0 Å². The second-order valence-electron chi connectivity index (χ2n) is 3.82. The van der Waals surface area contributed by atoms with Gasteiger partial charge >= 0.3 is 0 Å². The van der Waals surface area contributed by atoms with Crippen molar-refractivity contribution in [2.45, 2.75) is 13.8 Å². The summed E-state index contributed by atoms with van der Waals surface area (Å²) in [6.45, 7) is 3.41. The van der Waals surface area contributed by atoms with E-state index < -0.39 is 10.8 Å². The van der Waals surface area contributed by atoms with E-state index in [2.05, 4.69) is 4.99 Å². The van der Waals surface area contributed by atoms with E-state index in [1.165, 1.54) is 6.07 Å². The molecule has 7 heteroatoms. The number of carbonyl (C=O) groups is 1. The molecule has 0 atom stereocenters. The molecule has 0 unspecified atom stereocenters. The molecule has 1 amide bonds. The fourth-order valence-corrected chi connectivity index (χ4v) is 1.60. The molecule has 1 aromatic rings. The monoisotopic (exact) mass is 262 g/mol. The quantitative estimate of drug-likeness (QED) is 0.368. The molecule has 0 saturated heterocycles. The molecule has 0 aromatic heterocycles. The zero-order valence-corrected chi connectivity index (χ0v) is 10.6. The Kier molecular flexibility index (Phi) is 4.36. The molecule has 0 heterocycles. The third-order valence-electron chi connectivity index (χ3n) is 2.38. The van der Waals surface area contributed by atoms with E-state index in [0.717, 1.165) is 0 Å². The molecule has 0 aliphatic rings. The van der Waals surface area contributed by atoms with Gasteiger partial charge in [0.25, 0.3) is 11.6 Å². The summed E-state index contributed by atoms with van der Waals surface area (Å²) in [5.74, 6) is -1.09. The van der Waals surface area contributed by atoms with Gasteiger partial charge in [-0.15, -0.1) is 0 Å². The van der Waals surface area contributed by atoms with Crippen molar-refractivity contribution >= 4 is 23.6 Å². The van der Waals surface area contributed by atoms with Gasteiger partial charge in [-0.25, -0.2) is 0 Å². The molecular formula is C12H14N4O3. The van der Waals surface area contributed by atoms with Gasteiger partial charge in [-0.1, -0.05) is 12.2 Å².